The van der Waals surface area contributed by atoms with Crippen molar-refractivity contribution in [3.8, 4) is 6.07 Å². The predicted octanol–water partition coefficient (Wildman–Crippen LogP) is 2.04. The summed E-state index contributed by atoms with van der Waals surface area (Å²) in [5, 5.41) is 9.27. The second kappa shape index (κ2) is 6.97. The van der Waals surface area contributed by atoms with Gasteiger partial charge in [-0.3, -0.25) is 0 Å². The van der Waals surface area contributed by atoms with Gasteiger partial charge in [0.1, 0.15) is 11.9 Å². The summed E-state index contributed by atoms with van der Waals surface area (Å²) in [6.45, 7) is 6.88. The highest BCUT2D eigenvalue weighted by molar-refractivity contribution is 5.57. The zero-order valence-corrected chi connectivity index (χ0v) is 11.8. The molecule has 1 aromatic heterocycles. The summed E-state index contributed by atoms with van der Waals surface area (Å²) in [7, 11) is 4.11. The fourth-order valence-corrected chi connectivity index (χ4v) is 1.84. The second-order valence-corrected chi connectivity index (χ2v) is 4.73. The lowest BCUT2D eigenvalue weighted by molar-refractivity contribution is 0.412. The van der Waals surface area contributed by atoms with Gasteiger partial charge in [-0.2, -0.15) is 5.26 Å². The van der Waals surface area contributed by atoms with E-state index in [9.17, 15) is 5.26 Å². The number of hydrogen-bond acceptors (Lipinski definition) is 4. The van der Waals surface area contributed by atoms with Crippen LogP contribution in [0.25, 0.3) is 0 Å². The first-order valence-electron chi connectivity index (χ1n) is 6.35. The maximum Gasteiger partial charge on any atom is 0.146 e. The summed E-state index contributed by atoms with van der Waals surface area (Å²) in [6.07, 6.45) is 2.83. The first-order chi connectivity index (χ1) is 8.60. The van der Waals surface area contributed by atoms with E-state index in [2.05, 4.69) is 41.9 Å². The largest absolute Gasteiger partial charge is 0.354 e. The van der Waals surface area contributed by atoms with Gasteiger partial charge in [-0.05, 0) is 39.1 Å². The van der Waals surface area contributed by atoms with E-state index < -0.39 is 0 Å². The molecular weight excluding hydrogens is 224 g/mol. The minimum Gasteiger partial charge on any atom is -0.354 e. The second-order valence-electron chi connectivity index (χ2n) is 4.73. The van der Waals surface area contributed by atoms with Crippen LogP contribution in [-0.2, 0) is 0 Å². The van der Waals surface area contributed by atoms with Crippen LogP contribution in [0.3, 0.4) is 0 Å². The van der Waals surface area contributed by atoms with E-state index in [0.717, 1.165) is 37.4 Å². The minimum atomic E-state index is 0.699. The van der Waals surface area contributed by atoms with Gasteiger partial charge < -0.3 is 9.80 Å². The Morgan fingerprint density at radius 2 is 2.00 bits per heavy atom. The number of nitriles is 1. The molecule has 1 rings (SSSR count). The highest BCUT2D eigenvalue weighted by Gasteiger charge is 2.13. The number of nitrogens with zero attached hydrogens (tertiary/aromatic N) is 4. The Kier molecular flexibility index (Phi) is 5.60. The number of aromatic nitrogens is 1. The molecule has 0 aliphatic carbocycles. The Hall–Kier alpha value is -1.60. The van der Waals surface area contributed by atoms with Crippen molar-refractivity contribution in [1.29, 1.82) is 5.26 Å². The molecular formula is C14H22N4. The molecule has 0 fully saturated rings. The molecule has 0 amide bonds. The topological polar surface area (TPSA) is 43.2 Å². The average Bonchev–Trinajstić information content (AvgIpc) is 2.34. The standard InChI is InChI=1S/C14H22N4/c1-5-8-18(10-9-17(3)4)14-13(11-15)12(2)6-7-16-14/h6-7H,5,8-10H2,1-4H3. The van der Waals surface area contributed by atoms with E-state index in [-0.39, 0.29) is 0 Å². The molecule has 0 bridgehead atoms. The molecule has 0 saturated heterocycles. The minimum absolute atomic E-state index is 0.699. The van der Waals surface area contributed by atoms with Crippen LogP contribution < -0.4 is 4.90 Å². The molecule has 4 heteroatoms. The van der Waals surface area contributed by atoms with Gasteiger partial charge in [-0.1, -0.05) is 6.92 Å². The van der Waals surface area contributed by atoms with Gasteiger partial charge in [-0.15, -0.1) is 0 Å². The first kappa shape index (κ1) is 14.5. The van der Waals surface area contributed by atoms with Crippen LogP contribution in [0.2, 0.25) is 0 Å². The van der Waals surface area contributed by atoms with Crippen molar-refractivity contribution >= 4 is 5.82 Å². The lowest BCUT2D eigenvalue weighted by Gasteiger charge is -2.26. The molecule has 18 heavy (non-hydrogen) atoms. The molecule has 0 aliphatic rings. The summed E-state index contributed by atoms with van der Waals surface area (Å²) >= 11 is 0. The predicted molar refractivity (Wildman–Crippen MR) is 74.7 cm³/mol. The Morgan fingerprint density at radius 1 is 1.28 bits per heavy atom. The van der Waals surface area contributed by atoms with Crippen molar-refractivity contribution in [2.24, 2.45) is 0 Å². The van der Waals surface area contributed by atoms with E-state index in [0.29, 0.717) is 5.56 Å². The summed E-state index contributed by atoms with van der Waals surface area (Å²) in [5.74, 6) is 0.821. The van der Waals surface area contributed by atoms with E-state index in [1.807, 2.05) is 13.0 Å². The van der Waals surface area contributed by atoms with Crippen molar-refractivity contribution in [2.45, 2.75) is 20.3 Å². The average molecular weight is 246 g/mol. The molecule has 0 aromatic carbocycles. The van der Waals surface area contributed by atoms with Gasteiger partial charge in [-0.25, -0.2) is 4.98 Å². The van der Waals surface area contributed by atoms with Crippen LogP contribution in [0.4, 0.5) is 5.82 Å². The Morgan fingerprint density at radius 3 is 2.56 bits per heavy atom. The monoisotopic (exact) mass is 246 g/mol. The highest BCUT2D eigenvalue weighted by atomic mass is 15.2. The molecule has 0 aliphatic heterocycles. The van der Waals surface area contributed by atoms with E-state index in [1.54, 1.807) is 6.20 Å². The van der Waals surface area contributed by atoms with E-state index in [1.165, 1.54) is 0 Å². The molecule has 1 aromatic rings. The summed E-state index contributed by atoms with van der Waals surface area (Å²) in [5.41, 5.74) is 1.69. The smallest absolute Gasteiger partial charge is 0.146 e. The van der Waals surface area contributed by atoms with Crippen LogP contribution in [0, 0.1) is 18.3 Å². The third-order valence-corrected chi connectivity index (χ3v) is 2.86. The van der Waals surface area contributed by atoms with Crippen LogP contribution in [0.5, 0.6) is 0 Å². The Balaban J connectivity index is 2.98. The molecule has 0 radical (unpaired) electrons. The number of likely N-dealkylation sites (N-methyl/N-ethyl adjacent to an activating group) is 1. The van der Waals surface area contributed by atoms with Crippen LogP contribution in [-0.4, -0.2) is 43.6 Å². The molecule has 0 atom stereocenters. The van der Waals surface area contributed by atoms with Crippen molar-refractivity contribution < 1.29 is 0 Å². The van der Waals surface area contributed by atoms with E-state index in [4.69, 9.17) is 0 Å². The third kappa shape index (κ3) is 3.71. The number of pyridine rings is 1. The maximum absolute atomic E-state index is 9.27. The molecule has 98 valence electrons. The van der Waals surface area contributed by atoms with Crippen LogP contribution >= 0.6 is 0 Å². The molecule has 0 spiro atoms. The van der Waals surface area contributed by atoms with Crippen molar-refractivity contribution in [2.75, 3.05) is 38.6 Å². The quantitative estimate of drug-likeness (QED) is 0.770. The highest BCUT2D eigenvalue weighted by Crippen LogP contribution is 2.20. The SMILES string of the molecule is CCCN(CCN(C)C)c1nccc(C)c1C#N. The fourth-order valence-electron chi connectivity index (χ4n) is 1.84. The molecule has 4 nitrogen and oxygen atoms in total. The molecule has 0 unspecified atom stereocenters. The molecule has 0 saturated carbocycles. The Bertz CT molecular complexity index is 420. The number of aryl methyl sites for hydroxylation is 1. The van der Waals surface area contributed by atoms with Gasteiger partial charge in [0.25, 0.3) is 0 Å². The summed E-state index contributed by atoms with van der Waals surface area (Å²) in [4.78, 5) is 8.74. The normalized spacial score (nSPS) is 10.4. The van der Waals surface area contributed by atoms with Crippen molar-refractivity contribution in [3.05, 3.63) is 23.4 Å². The van der Waals surface area contributed by atoms with Crippen molar-refractivity contribution in [3.63, 3.8) is 0 Å². The zero-order chi connectivity index (χ0) is 13.5. The zero-order valence-electron chi connectivity index (χ0n) is 11.8. The summed E-state index contributed by atoms with van der Waals surface area (Å²) < 4.78 is 0. The first-order valence-corrected chi connectivity index (χ1v) is 6.35. The lowest BCUT2D eigenvalue weighted by Crippen LogP contribution is -2.33. The third-order valence-electron chi connectivity index (χ3n) is 2.86. The van der Waals surface area contributed by atoms with Gasteiger partial charge in [0.15, 0.2) is 0 Å². The van der Waals surface area contributed by atoms with Crippen molar-refractivity contribution in [1.82, 2.24) is 9.88 Å². The molecule has 0 N–H and O–H groups in total. The van der Waals surface area contributed by atoms with Crippen LogP contribution in [0.15, 0.2) is 12.3 Å². The number of anilines is 1. The maximum atomic E-state index is 9.27. The molecule has 1 heterocycles. The van der Waals surface area contributed by atoms with Gasteiger partial charge in [0, 0.05) is 25.8 Å². The van der Waals surface area contributed by atoms with E-state index >= 15 is 0 Å². The lowest BCUT2D eigenvalue weighted by atomic mass is 10.1. The Labute approximate surface area is 110 Å². The fraction of sp³-hybridized carbons (Fsp3) is 0.571. The van der Waals surface area contributed by atoms with Crippen LogP contribution in [0.1, 0.15) is 24.5 Å². The van der Waals surface area contributed by atoms with Gasteiger partial charge in [0.2, 0.25) is 0 Å². The number of hydrogen-bond donors (Lipinski definition) is 0. The number of rotatable bonds is 6. The van der Waals surface area contributed by atoms with Gasteiger partial charge >= 0.3 is 0 Å². The van der Waals surface area contributed by atoms with Gasteiger partial charge in [0.05, 0.1) is 5.56 Å². The summed E-state index contributed by atoms with van der Waals surface area (Å²) in [6, 6.07) is 4.16.